The number of aliphatic hydroxyl groups is 4. The SMILES string of the molecule is NC(CO)(CO)CNCCN(CO)CO. The molecular formula is C8H21N3O4. The molecule has 0 saturated carbocycles. The molecule has 7 N–H and O–H groups in total. The first kappa shape index (κ1) is 14.7. The van der Waals surface area contributed by atoms with Gasteiger partial charge >= 0.3 is 0 Å². The van der Waals surface area contributed by atoms with Crippen LogP contribution < -0.4 is 11.1 Å². The normalized spacial score (nSPS) is 12.4. The number of rotatable bonds is 9. The fourth-order valence-electron chi connectivity index (χ4n) is 0.922. The molecule has 0 aliphatic rings. The van der Waals surface area contributed by atoms with Crippen molar-refractivity contribution >= 4 is 0 Å². The van der Waals surface area contributed by atoms with Crippen molar-refractivity contribution in [1.29, 1.82) is 0 Å². The van der Waals surface area contributed by atoms with Crippen LogP contribution in [0.2, 0.25) is 0 Å². The first-order chi connectivity index (χ1) is 7.11. The van der Waals surface area contributed by atoms with E-state index in [0.717, 1.165) is 0 Å². The van der Waals surface area contributed by atoms with Crippen LogP contribution in [0, 0.1) is 0 Å². The maximum atomic E-state index is 8.87. The minimum atomic E-state index is -1.02. The third-order valence-electron chi connectivity index (χ3n) is 2.11. The van der Waals surface area contributed by atoms with Gasteiger partial charge in [-0.3, -0.25) is 4.90 Å². The van der Waals surface area contributed by atoms with Gasteiger partial charge in [-0.25, -0.2) is 0 Å². The second-order valence-electron chi connectivity index (χ2n) is 3.53. The number of hydrogen-bond acceptors (Lipinski definition) is 7. The molecule has 0 atom stereocenters. The lowest BCUT2D eigenvalue weighted by molar-refractivity contribution is 0.0297. The van der Waals surface area contributed by atoms with Crippen molar-refractivity contribution in [3.63, 3.8) is 0 Å². The van der Waals surface area contributed by atoms with Crippen molar-refractivity contribution < 1.29 is 20.4 Å². The van der Waals surface area contributed by atoms with Crippen molar-refractivity contribution in [3.8, 4) is 0 Å². The van der Waals surface area contributed by atoms with E-state index >= 15 is 0 Å². The lowest BCUT2D eigenvalue weighted by atomic mass is 10.0. The van der Waals surface area contributed by atoms with E-state index in [1.807, 2.05) is 0 Å². The minimum Gasteiger partial charge on any atom is -0.394 e. The molecule has 7 heteroatoms. The second-order valence-corrected chi connectivity index (χ2v) is 3.53. The summed E-state index contributed by atoms with van der Waals surface area (Å²) in [5.41, 5.74) is 4.58. The van der Waals surface area contributed by atoms with Crippen LogP contribution in [0.5, 0.6) is 0 Å². The number of nitrogens with one attached hydrogen (secondary N) is 1. The van der Waals surface area contributed by atoms with Crippen molar-refractivity contribution in [2.24, 2.45) is 5.73 Å². The average Bonchev–Trinajstić information content (AvgIpc) is 2.29. The van der Waals surface area contributed by atoms with Crippen LogP contribution in [0.4, 0.5) is 0 Å². The Bertz CT molecular complexity index is 151. The van der Waals surface area contributed by atoms with Crippen molar-refractivity contribution in [2.75, 3.05) is 46.3 Å². The summed E-state index contributed by atoms with van der Waals surface area (Å²) in [6, 6.07) is 0. The molecule has 0 saturated heterocycles. The zero-order valence-corrected chi connectivity index (χ0v) is 8.76. The molecule has 0 rings (SSSR count). The van der Waals surface area contributed by atoms with Crippen LogP contribution >= 0.6 is 0 Å². The Labute approximate surface area is 89.1 Å². The van der Waals surface area contributed by atoms with Crippen molar-refractivity contribution in [2.45, 2.75) is 5.54 Å². The van der Waals surface area contributed by atoms with Gasteiger partial charge in [0, 0.05) is 19.6 Å². The molecule has 15 heavy (non-hydrogen) atoms. The summed E-state index contributed by atoms with van der Waals surface area (Å²) in [4.78, 5) is 1.41. The molecule has 0 aromatic heterocycles. The first-order valence-electron chi connectivity index (χ1n) is 4.77. The molecule has 0 aromatic rings. The monoisotopic (exact) mass is 223 g/mol. The standard InChI is InChI=1S/C8H21N3O4/c9-8(4-12,5-13)3-10-1-2-11(6-14)7-15/h10,12-15H,1-7,9H2. The number of nitrogens with zero attached hydrogens (tertiary/aromatic N) is 1. The third kappa shape index (κ3) is 6.00. The fourth-order valence-corrected chi connectivity index (χ4v) is 0.922. The highest BCUT2D eigenvalue weighted by molar-refractivity contribution is 4.84. The van der Waals surface area contributed by atoms with Crippen LogP contribution in [0.3, 0.4) is 0 Å². The second kappa shape index (κ2) is 7.94. The molecule has 0 aliphatic heterocycles. The smallest absolute Gasteiger partial charge is 0.0974 e. The summed E-state index contributed by atoms with van der Waals surface area (Å²) < 4.78 is 0. The van der Waals surface area contributed by atoms with E-state index in [-0.39, 0.29) is 33.2 Å². The van der Waals surface area contributed by atoms with Gasteiger partial charge in [0.05, 0.1) is 32.2 Å². The Kier molecular flexibility index (Phi) is 7.79. The van der Waals surface area contributed by atoms with E-state index in [2.05, 4.69) is 5.32 Å². The van der Waals surface area contributed by atoms with E-state index in [1.165, 1.54) is 4.90 Å². The molecule has 0 aromatic carbocycles. The molecule has 0 unspecified atom stereocenters. The molecule has 0 fully saturated rings. The van der Waals surface area contributed by atoms with Gasteiger partial charge < -0.3 is 31.5 Å². The Hall–Kier alpha value is -0.280. The zero-order valence-electron chi connectivity index (χ0n) is 8.76. The van der Waals surface area contributed by atoms with Crippen LogP contribution in [0.1, 0.15) is 0 Å². The van der Waals surface area contributed by atoms with Crippen LogP contribution in [-0.4, -0.2) is 77.2 Å². The van der Waals surface area contributed by atoms with E-state index in [1.54, 1.807) is 0 Å². The summed E-state index contributed by atoms with van der Waals surface area (Å²) in [6.45, 7) is 0.184. The highest BCUT2D eigenvalue weighted by atomic mass is 16.3. The van der Waals surface area contributed by atoms with E-state index in [0.29, 0.717) is 13.1 Å². The van der Waals surface area contributed by atoms with Gasteiger partial charge in [-0.1, -0.05) is 0 Å². The molecule has 0 heterocycles. The highest BCUT2D eigenvalue weighted by Crippen LogP contribution is 1.94. The number of hydrogen-bond donors (Lipinski definition) is 6. The molecule has 0 aliphatic carbocycles. The average molecular weight is 223 g/mol. The maximum Gasteiger partial charge on any atom is 0.0974 e. The molecule has 0 bridgehead atoms. The highest BCUT2D eigenvalue weighted by Gasteiger charge is 2.22. The molecule has 7 nitrogen and oxygen atoms in total. The maximum absolute atomic E-state index is 8.87. The first-order valence-corrected chi connectivity index (χ1v) is 4.77. The lowest BCUT2D eigenvalue weighted by Gasteiger charge is -2.25. The Balaban J connectivity index is 3.60. The van der Waals surface area contributed by atoms with Gasteiger partial charge in [0.15, 0.2) is 0 Å². The molecule has 92 valence electrons. The summed E-state index contributed by atoms with van der Waals surface area (Å²) in [7, 11) is 0. The predicted octanol–water partition coefficient (Wildman–Crippen LogP) is -3.54. The fraction of sp³-hybridized carbons (Fsp3) is 1.00. The van der Waals surface area contributed by atoms with E-state index in [4.69, 9.17) is 26.2 Å². The van der Waals surface area contributed by atoms with Gasteiger partial charge in [0.2, 0.25) is 0 Å². The van der Waals surface area contributed by atoms with Gasteiger partial charge in [-0.05, 0) is 0 Å². The van der Waals surface area contributed by atoms with Gasteiger partial charge in [0.25, 0.3) is 0 Å². The molecule has 0 amide bonds. The molecular weight excluding hydrogens is 202 g/mol. The van der Waals surface area contributed by atoms with Gasteiger partial charge in [-0.15, -0.1) is 0 Å². The molecule has 0 spiro atoms. The third-order valence-corrected chi connectivity index (χ3v) is 2.11. The van der Waals surface area contributed by atoms with Crippen LogP contribution in [-0.2, 0) is 0 Å². The largest absolute Gasteiger partial charge is 0.394 e. The van der Waals surface area contributed by atoms with Crippen LogP contribution in [0.25, 0.3) is 0 Å². The Morgan fingerprint density at radius 1 is 1.07 bits per heavy atom. The zero-order chi connectivity index (χ0) is 11.7. The quantitative estimate of drug-likeness (QED) is 0.177. The number of aliphatic hydroxyl groups excluding tert-OH is 4. The van der Waals surface area contributed by atoms with E-state index < -0.39 is 5.54 Å². The van der Waals surface area contributed by atoms with Gasteiger partial charge in [0.1, 0.15) is 0 Å². The summed E-state index contributed by atoms with van der Waals surface area (Å²) in [6.07, 6.45) is 0. The lowest BCUT2D eigenvalue weighted by Crippen LogP contribution is -2.55. The van der Waals surface area contributed by atoms with Crippen molar-refractivity contribution in [1.82, 2.24) is 10.2 Å². The van der Waals surface area contributed by atoms with E-state index in [9.17, 15) is 0 Å². The van der Waals surface area contributed by atoms with Crippen LogP contribution in [0.15, 0.2) is 0 Å². The topological polar surface area (TPSA) is 122 Å². The summed E-state index contributed by atoms with van der Waals surface area (Å²) >= 11 is 0. The predicted molar refractivity (Wildman–Crippen MR) is 54.8 cm³/mol. The molecule has 0 radical (unpaired) electrons. The Morgan fingerprint density at radius 3 is 2.00 bits per heavy atom. The summed E-state index contributed by atoms with van der Waals surface area (Å²) in [5.74, 6) is 0. The van der Waals surface area contributed by atoms with Gasteiger partial charge in [-0.2, -0.15) is 0 Å². The minimum absolute atomic E-state index is 0.216. The number of nitrogens with two attached hydrogens (primary N) is 1. The van der Waals surface area contributed by atoms with Crippen molar-refractivity contribution in [3.05, 3.63) is 0 Å². The Morgan fingerprint density at radius 2 is 1.60 bits per heavy atom. The summed E-state index contributed by atoms with van der Waals surface area (Å²) in [5, 5.41) is 38.1.